The van der Waals surface area contributed by atoms with E-state index in [0.29, 0.717) is 6.42 Å². The van der Waals surface area contributed by atoms with Crippen LogP contribution < -0.4 is 0 Å². The quantitative estimate of drug-likeness (QED) is 0.243. The van der Waals surface area contributed by atoms with E-state index in [4.69, 9.17) is 14.0 Å². The van der Waals surface area contributed by atoms with E-state index >= 15 is 0 Å². The lowest BCUT2D eigenvalue weighted by Crippen LogP contribution is -2.49. The fourth-order valence-corrected chi connectivity index (χ4v) is 7.91. The van der Waals surface area contributed by atoms with Crippen molar-refractivity contribution in [1.29, 1.82) is 0 Å². The van der Waals surface area contributed by atoms with E-state index in [1.807, 2.05) is 42.5 Å². The van der Waals surface area contributed by atoms with Gasteiger partial charge in [-0.15, -0.1) is 0 Å². The van der Waals surface area contributed by atoms with Crippen molar-refractivity contribution >= 4 is 44.6 Å². The molecule has 0 saturated carbocycles. The zero-order valence-corrected chi connectivity index (χ0v) is 24.1. The second kappa shape index (κ2) is 9.91. The van der Waals surface area contributed by atoms with Crippen LogP contribution in [0.2, 0.25) is 0 Å². The Morgan fingerprint density at radius 2 is 1.44 bits per heavy atom. The molecule has 0 spiro atoms. The molecule has 0 aliphatic heterocycles. The summed E-state index contributed by atoms with van der Waals surface area (Å²) in [5, 5.41) is -4.70. The van der Waals surface area contributed by atoms with Gasteiger partial charge in [0.25, 0.3) is 0 Å². The molecule has 3 unspecified atom stereocenters. The van der Waals surface area contributed by atoms with Gasteiger partial charge in [0.15, 0.2) is 6.61 Å². The molecule has 39 heavy (non-hydrogen) atoms. The van der Waals surface area contributed by atoms with Crippen LogP contribution in [0, 0.1) is 17.3 Å². The maximum atomic E-state index is 14.0. The second-order valence-corrected chi connectivity index (χ2v) is 14.1. The lowest BCUT2D eigenvalue weighted by Gasteiger charge is -2.48. The molecule has 6 rings (SSSR count). The van der Waals surface area contributed by atoms with Gasteiger partial charge >= 0.3 is 27.3 Å². The molecular weight excluding hydrogens is 645 g/mol. The first kappa shape index (κ1) is 28.2. The van der Waals surface area contributed by atoms with Gasteiger partial charge in [0, 0.05) is 11.8 Å². The number of allylic oxidation sites excluding steroid dienone is 1. The zero-order chi connectivity index (χ0) is 28.3. The number of hydrogen-bond donors (Lipinski definition) is 1. The molecule has 1 N–H and O–H groups in total. The molecule has 0 heterocycles. The summed E-state index contributed by atoms with van der Waals surface area (Å²) in [6.07, 6.45) is 2.77. The van der Waals surface area contributed by atoms with Crippen LogP contribution in [0.3, 0.4) is 0 Å². The Hall–Kier alpha value is -2.38. The Balaban J connectivity index is 1.56. The van der Waals surface area contributed by atoms with Gasteiger partial charge in [-0.2, -0.15) is 17.2 Å². The van der Waals surface area contributed by atoms with Gasteiger partial charge in [-0.05, 0) is 72.8 Å². The maximum Gasteiger partial charge on any atom is 0.402 e. The van der Waals surface area contributed by atoms with E-state index in [2.05, 4.69) is 36.4 Å². The number of hydrogen-bond acceptors (Lipinski definition) is 6. The van der Waals surface area contributed by atoms with Crippen molar-refractivity contribution < 1.29 is 40.8 Å². The Labute approximate surface area is 238 Å². The maximum absolute atomic E-state index is 14.0. The van der Waals surface area contributed by atoms with Gasteiger partial charge in [0.05, 0.1) is 11.8 Å². The molecule has 4 aliphatic carbocycles. The predicted molar refractivity (Wildman–Crippen MR) is 146 cm³/mol. The van der Waals surface area contributed by atoms with Gasteiger partial charge in [-0.1, -0.05) is 62.4 Å². The number of fused-ring (bicyclic) bond motifs is 1. The minimum absolute atomic E-state index is 0.110. The summed E-state index contributed by atoms with van der Waals surface area (Å²) in [4.78, 5) is 27.4. The van der Waals surface area contributed by atoms with E-state index in [9.17, 15) is 26.8 Å². The molecule has 7 nitrogen and oxygen atoms in total. The van der Waals surface area contributed by atoms with Gasteiger partial charge in [-0.3, -0.25) is 14.1 Å². The van der Waals surface area contributed by atoms with Crippen LogP contribution >= 0.6 is 22.6 Å². The van der Waals surface area contributed by atoms with Crippen molar-refractivity contribution in [3.05, 3.63) is 80.4 Å². The largest absolute Gasteiger partial charge is 0.458 e. The van der Waals surface area contributed by atoms with Crippen molar-refractivity contribution in [3.8, 4) is 0 Å². The fourth-order valence-electron chi connectivity index (χ4n) is 6.27. The number of benzene rings is 2. The third-order valence-corrected chi connectivity index (χ3v) is 9.39. The third kappa shape index (κ3) is 5.13. The lowest BCUT2D eigenvalue weighted by molar-refractivity contribution is -0.169. The Bertz CT molecular complexity index is 1420. The number of halogens is 3. The van der Waals surface area contributed by atoms with Crippen molar-refractivity contribution in [2.24, 2.45) is 17.3 Å². The molecule has 0 saturated heterocycles. The van der Waals surface area contributed by atoms with Crippen molar-refractivity contribution in [3.63, 3.8) is 0 Å². The number of carbonyl (C=O) groups is 2. The van der Waals surface area contributed by atoms with Crippen LogP contribution in [0.5, 0.6) is 0 Å². The standard InChI is InChI=1S/C28H27F2IO7S/c1-27(2)12-15(31)11-16(13-27)38-26(33)24-22-19-9-5-3-7-17(19)21(18-8-4-6-10-20(18)22)23(24)25(32)37-14-28(29,30)39(34,35)36/h3-11,16,21-24H,12-14H2,1-2H3,(H,34,35,36). The van der Waals surface area contributed by atoms with Crippen LogP contribution in [0.15, 0.2) is 58.2 Å². The van der Waals surface area contributed by atoms with Crippen molar-refractivity contribution in [1.82, 2.24) is 0 Å². The molecular formula is C28H27F2IO7S. The van der Waals surface area contributed by atoms with E-state index < -0.39 is 63.7 Å². The fraction of sp³-hybridized carbons (Fsp3) is 0.429. The first-order valence-corrected chi connectivity index (χ1v) is 15.0. The number of alkyl halides is 2. The average molecular weight is 672 g/mol. The summed E-state index contributed by atoms with van der Waals surface area (Å²) in [5.74, 6) is -5.46. The normalized spacial score (nSPS) is 27.1. The SMILES string of the molecule is CC1(C)CC(I)=CC(OC(=O)C2C3c4ccccc4C(c4ccccc43)C2C(=O)OCC(F)(F)S(=O)(=O)O)C1. The smallest absolute Gasteiger partial charge is 0.402 e. The molecule has 2 aromatic carbocycles. The van der Waals surface area contributed by atoms with Crippen molar-refractivity contribution in [2.75, 3.05) is 6.61 Å². The molecule has 3 atom stereocenters. The summed E-state index contributed by atoms with van der Waals surface area (Å²) in [6.45, 7) is 2.27. The molecule has 0 fully saturated rings. The molecule has 4 aliphatic rings. The molecule has 0 aromatic heterocycles. The highest BCUT2D eigenvalue weighted by Crippen LogP contribution is 2.59. The Morgan fingerprint density at radius 3 is 1.87 bits per heavy atom. The van der Waals surface area contributed by atoms with E-state index in [1.165, 1.54) is 0 Å². The summed E-state index contributed by atoms with van der Waals surface area (Å²) < 4.78 is 70.9. The molecule has 2 aromatic rings. The molecule has 0 radical (unpaired) electrons. The van der Waals surface area contributed by atoms with Gasteiger partial charge < -0.3 is 9.47 Å². The van der Waals surface area contributed by atoms with E-state index in [-0.39, 0.29) is 5.41 Å². The highest BCUT2D eigenvalue weighted by Gasteiger charge is 2.57. The van der Waals surface area contributed by atoms with Crippen LogP contribution in [0.4, 0.5) is 8.78 Å². The van der Waals surface area contributed by atoms with Crippen LogP contribution in [0.25, 0.3) is 0 Å². The third-order valence-electron chi connectivity index (χ3n) is 7.78. The average Bonchev–Trinajstić information content (AvgIpc) is 2.84. The number of rotatable bonds is 6. The zero-order valence-electron chi connectivity index (χ0n) is 21.1. The molecule has 2 bridgehead atoms. The first-order valence-electron chi connectivity index (χ1n) is 12.5. The van der Waals surface area contributed by atoms with E-state index in [1.54, 1.807) is 12.1 Å². The van der Waals surface area contributed by atoms with Crippen LogP contribution in [0.1, 0.15) is 60.8 Å². The molecule has 0 amide bonds. The Morgan fingerprint density at radius 1 is 0.974 bits per heavy atom. The number of ether oxygens (including phenoxy) is 2. The summed E-state index contributed by atoms with van der Waals surface area (Å²) >= 11 is 2.21. The predicted octanol–water partition coefficient (Wildman–Crippen LogP) is 5.58. The highest BCUT2D eigenvalue weighted by atomic mass is 127. The summed E-state index contributed by atoms with van der Waals surface area (Å²) in [5.41, 5.74) is 3.10. The van der Waals surface area contributed by atoms with Crippen molar-refractivity contribution in [2.45, 2.75) is 49.9 Å². The van der Waals surface area contributed by atoms with E-state index in [0.717, 1.165) is 32.3 Å². The molecule has 11 heteroatoms. The van der Waals surface area contributed by atoms with Gasteiger partial charge in [-0.25, -0.2) is 0 Å². The highest BCUT2D eigenvalue weighted by molar-refractivity contribution is 14.1. The summed E-state index contributed by atoms with van der Waals surface area (Å²) in [6, 6.07) is 14.7. The first-order chi connectivity index (χ1) is 18.2. The number of esters is 2. The Kier molecular flexibility index (Phi) is 7.16. The monoisotopic (exact) mass is 672 g/mol. The van der Waals surface area contributed by atoms with Crippen LogP contribution in [-0.4, -0.2) is 42.9 Å². The molecule has 208 valence electrons. The van der Waals surface area contributed by atoms with Crippen LogP contribution in [-0.2, 0) is 29.2 Å². The van der Waals surface area contributed by atoms with Gasteiger partial charge in [0.2, 0.25) is 0 Å². The second-order valence-electron chi connectivity index (χ2n) is 11.1. The van der Waals surface area contributed by atoms with Gasteiger partial charge in [0.1, 0.15) is 6.10 Å². The topological polar surface area (TPSA) is 107 Å². The number of carbonyl (C=O) groups excluding carboxylic acids is 2. The lowest BCUT2D eigenvalue weighted by atomic mass is 9.54. The minimum Gasteiger partial charge on any atom is -0.458 e. The minimum atomic E-state index is -5.81. The summed E-state index contributed by atoms with van der Waals surface area (Å²) in [7, 11) is -5.81.